The van der Waals surface area contributed by atoms with E-state index >= 15 is 0 Å². The van der Waals surface area contributed by atoms with Crippen LogP contribution in [0.3, 0.4) is 0 Å². The number of rotatable bonds is 3. The lowest BCUT2D eigenvalue weighted by atomic mass is 10.2. The van der Waals surface area contributed by atoms with Gasteiger partial charge >= 0.3 is 0 Å². The molecule has 0 aliphatic heterocycles. The molecular formula is C11H13NO2. The summed E-state index contributed by atoms with van der Waals surface area (Å²) in [5.74, 6) is 2.16. The molecular weight excluding hydrogens is 178 g/mol. The Hall–Kier alpha value is -1.51. The maximum Gasteiger partial charge on any atom is 0.263 e. The van der Waals surface area contributed by atoms with Crippen molar-refractivity contribution in [3.63, 3.8) is 0 Å². The predicted octanol–water partition coefficient (Wildman–Crippen LogP) is 3.20. The summed E-state index contributed by atoms with van der Waals surface area (Å²) < 4.78 is 10.7. The number of furan rings is 1. The van der Waals surface area contributed by atoms with Gasteiger partial charge in [-0.1, -0.05) is 13.3 Å². The van der Waals surface area contributed by atoms with Crippen LogP contribution in [0.15, 0.2) is 27.2 Å². The van der Waals surface area contributed by atoms with Crippen molar-refractivity contribution in [2.24, 2.45) is 0 Å². The van der Waals surface area contributed by atoms with E-state index in [1.807, 2.05) is 19.1 Å². The van der Waals surface area contributed by atoms with Gasteiger partial charge in [0.1, 0.15) is 5.76 Å². The number of hydrogen-bond acceptors (Lipinski definition) is 3. The van der Waals surface area contributed by atoms with Crippen LogP contribution in [0.25, 0.3) is 11.7 Å². The van der Waals surface area contributed by atoms with E-state index in [-0.39, 0.29) is 0 Å². The minimum absolute atomic E-state index is 0.580. The molecule has 3 heteroatoms. The highest BCUT2D eigenvalue weighted by Gasteiger charge is 2.11. The van der Waals surface area contributed by atoms with Crippen LogP contribution in [0.1, 0.15) is 24.8 Å². The Morgan fingerprint density at radius 1 is 1.43 bits per heavy atom. The summed E-state index contributed by atoms with van der Waals surface area (Å²) in [6.45, 7) is 4.06. The quantitative estimate of drug-likeness (QED) is 0.747. The molecule has 2 heterocycles. The van der Waals surface area contributed by atoms with Gasteiger partial charge in [0.05, 0.1) is 12.0 Å². The lowest BCUT2D eigenvalue weighted by molar-refractivity contribution is 0.499. The molecule has 0 fully saturated rings. The number of aromatic nitrogens is 1. The third kappa shape index (κ3) is 1.58. The van der Waals surface area contributed by atoms with Crippen LogP contribution in [0.2, 0.25) is 0 Å². The standard InChI is InChI=1S/C11H13NO2/c1-3-5-9-8(2)14-11(12-9)10-6-4-7-13-10/h4,6-7H,3,5H2,1-2H3. The monoisotopic (exact) mass is 191 g/mol. The van der Waals surface area contributed by atoms with E-state index in [2.05, 4.69) is 11.9 Å². The van der Waals surface area contributed by atoms with Crippen LogP contribution in [-0.4, -0.2) is 4.98 Å². The van der Waals surface area contributed by atoms with Gasteiger partial charge in [0.15, 0.2) is 5.76 Å². The van der Waals surface area contributed by atoms with Crippen molar-refractivity contribution in [1.29, 1.82) is 0 Å². The largest absolute Gasteiger partial charge is 0.459 e. The van der Waals surface area contributed by atoms with E-state index < -0.39 is 0 Å². The van der Waals surface area contributed by atoms with Crippen molar-refractivity contribution in [2.75, 3.05) is 0 Å². The van der Waals surface area contributed by atoms with Crippen molar-refractivity contribution in [3.05, 3.63) is 29.9 Å². The van der Waals surface area contributed by atoms with E-state index in [9.17, 15) is 0 Å². The molecule has 0 radical (unpaired) electrons. The summed E-state index contributed by atoms with van der Waals surface area (Å²) in [7, 11) is 0. The van der Waals surface area contributed by atoms with Crippen LogP contribution in [0.5, 0.6) is 0 Å². The Morgan fingerprint density at radius 3 is 2.93 bits per heavy atom. The number of oxazole rings is 1. The molecule has 0 atom stereocenters. The van der Waals surface area contributed by atoms with Crippen LogP contribution in [0.4, 0.5) is 0 Å². The first-order valence-electron chi connectivity index (χ1n) is 4.81. The van der Waals surface area contributed by atoms with Gasteiger partial charge in [-0.3, -0.25) is 0 Å². The fourth-order valence-corrected chi connectivity index (χ4v) is 1.40. The zero-order chi connectivity index (χ0) is 9.97. The molecule has 14 heavy (non-hydrogen) atoms. The summed E-state index contributed by atoms with van der Waals surface area (Å²) in [6.07, 6.45) is 3.65. The Kier molecular flexibility index (Phi) is 2.39. The third-order valence-electron chi connectivity index (χ3n) is 2.11. The highest BCUT2D eigenvalue weighted by atomic mass is 16.4. The Bertz CT molecular complexity index is 401. The second-order valence-electron chi connectivity index (χ2n) is 3.25. The molecule has 0 bridgehead atoms. The highest BCUT2D eigenvalue weighted by Crippen LogP contribution is 2.22. The summed E-state index contributed by atoms with van der Waals surface area (Å²) >= 11 is 0. The van der Waals surface area contributed by atoms with E-state index in [1.54, 1.807) is 6.26 Å². The highest BCUT2D eigenvalue weighted by molar-refractivity contribution is 5.44. The molecule has 0 saturated heterocycles. The van der Waals surface area contributed by atoms with Crippen molar-refractivity contribution in [3.8, 4) is 11.7 Å². The second-order valence-corrected chi connectivity index (χ2v) is 3.25. The first-order valence-corrected chi connectivity index (χ1v) is 4.81. The SMILES string of the molecule is CCCc1nc(-c2ccco2)oc1C. The van der Waals surface area contributed by atoms with Gasteiger partial charge in [-0.25, -0.2) is 4.98 Å². The van der Waals surface area contributed by atoms with Crippen LogP contribution in [-0.2, 0) is 6.42 Å². The van der Waals surface area contributed by atoms with Crippen molar-refractivity contribution in [1.82, 2.24) is 4.98 Å². The predicted molar refractivity (Wildman–Crippen MR) is 52.9 cm³/mol. The minimum atomic E-state index is 0.580. The molecule has 0 saturated carbocycles. The Morgan fingerprint density at radius 2 is 2.29 bits per heavy atom. The molecule has 0 N–H and O–H groups in total. The maximum atomic E-state index is 5.51. The molecule has 74 valence electrons. The molecule has 0 aliphatic rings. The fraction of sp³-hybridized carbons (Fsp3) is 0.364. The molecule has 0 amide bonds. The molecule has 2 aromatic heterocycles. The molecule has 2 rings (SSSR count). The van der Waals surface area contributed by atoms with Crippen LogP contribution >= 0.6 is 0 Å². The summed E-state index contributed by atoms with van der Waals surface area (Å²) in [6, 6.07) is 3.68. The van der Waals surface area contributed by atoms with Gasteiger partial charge in [-0.15, -0.1) is 0 Å². The third-order valence-corrected chi connectivity index (χ3v) is 2.11. The maximum absolute atomic E-state index is 5.51. The lowest BCUT2D eigenvalue weighted by Crippen LogP contribution is -1.85. The Balaban J connectivity index is 2.33. The fourth-order valence-electron chi connectivity index (χ4n) is 1.40. The van der Waals surface area contributed by atoms with Crippen LogP contribution < -0.4 is 0 Å². The molecule has 2 aromatic rings. The van der Waals surface area contributed by atoms with Crippen molar-refractivity contribution in [2.45, 2.75) is 26.7 Å². The molecule has 3 nitrogen and oxygen atoms in total. The van der Waals surface area contributed by atoms with Gasteiger partial charge < -0.3 is 8.83 Å². The van der Waals surface area contributed by atoms with Gasteiger partial charge in [0, 0.05) is 0 Å². The van der Waals surface area contributed by atoms with E-state index in [1.165, 1.54) is 0 Å². The van der Waals surface area contributed by atoms with Crippen molar-refractivity contribution < 1.29 is 8.83 Å². The number of aryl methyl sites for hydroxylation is 2. The lowest BCUT2D eigenvalue weighted by Gasteiger charge is -1.88. The molecule has 0 aliphatic carbocycles. The van der Waals surface area contributed by atoms with E-state index in [4.69, 9.17) is 8.83 Å². The Labute approximate surface area is 82.8 Å². The number of hydrogen-bond donors (Lipinski definition) is 0. The van der Waals surface area contributed by atoms with E-state index in [0.29, 0.717) is 11.7 Å². The average molecular weight is 191 g/mol. The average Bonchev–Trinajstić information content (AvgIpc) is 2.76. The smallest absolute Gasteiger partial charge is 0.263 e. The summed E-state index contributed by atoms with van der Waals surface area (Å²) in [4.78, 5) is 4.38. The zero-order valence-electron chi connectivity index (χ0n) is 8.41. The first-order chi connectivity index (χ1) is 6.81. The second kappa shape index (κ2) is 3.70. The van der Waals surface area contributed by atoms with Gasteiger partial charge in [0.2, 0.25) is 0 Å². The summed E-state index contributed by atoms with van der Waals surface area (Å²) in [5, 5.41) is 0. The summed E-state index contributed by atoms with van der Waals surface area (Å²) in [5.41, 5.74) is 1.03. The molecule has 0 spiro atoms. The zero-order valence-corrected chi connectivity index (χ0v) is 8.41. The first kappa shape index (κ1) is 9.06. The van der Waals surface area contributed by atoms with Crippen molar-refractivity contribution >= 4 is 0 Å². The molecule has 0 aromatic carbocycles. The van der Waals surface area contributed by atoms with E-state index in [0.717, 1.165) is 24.3 Å². The van der Waals surface area contributed by atoms with Gasteiger partial charge in [-0.2, -0.15) is 0 Å². The minimum Gasteiger partial charge on any atom is -0.459 e. The van der Waals surface area contributed by atoms with Gasteiger partial charge in [0.25, 0.3) is 5.89 Å². The molecule has 0 unspecified atom stereocenters. The van der Waals surface area contributed by atoms with Gasteiger partial charge in [-0.05, 0) is 25.5 Å². The number of nitrogens with zero attached hydrogens (tertiary/aromatic N) is 1. The normalized spacial score (nSPS) is 10.7. The van der Waals surface area contributed by atoms with Crippen LogP contribution in [0, 0.1) is 6.92 Å². The topological polar surface area (TPSA) is 39.2 Å².